The molecule has 0 radical (unpaired) electrons. The summed E-state index contributed by atoms with van der Waals surface area (Å²) < 4.78 is -0.717. The number of aryl methyl sites for hydroxylation is 2. The molecule has 3 heterocycles. The van der Waals surface area contributed by atoms with E-state index < -0.39 is 28.7 Å². The average molecular weight is 554 g/mol. The van der Waals surface area contributed by atoms with Crippen molar-refractivity contribution >= 4 is 35.2 Å². The number of rotatable bonds is 11. The van der Waals surface area contributed by atoms with Crippen molar-refractivity contribution < 1.29 is 19.5 Å². The lowest BCUT2D eigenvalue weighted by atomic mass is 9.70. The minimum Gasteiger partial charge on any atom is -0.394 e. The molecule has 212 valence electrons. The predicted molar refractivity (Wildman–Crippen MR) is 158 cm³/mol. The van der Waals surface area contributed by atoms with Crippen LogP contribution >= 0.6 is 11.8 Å². The van der Waals surface area contributed by atoms with Gasteiger partial charge in [-0.2, -0.15) is 0 Å². The quantitative estimate of drug-likeness (QED) is 0.420. The van der Waals surface area contributed by atoms with Crippen LogP contribution in [-0.2, 0) is 14.4 Å². The normalized spacial score (nSPS) is 28.7. The van der Waals surface area contributed by atoms with Crippen LogP contribution in [0.25, 0.3) is 0 Å². The summed E-state index contributed by atoms with van der Waals surface area (Å²) in [6.45, 7) is 16.2. The number of likely N-dealkylation sites (tertiary alicyclic amines) is 1. The Morgan fingerprint density at radius 1 is 1.21 bits per heavy atom. The molecule has 3 fully saturated rings. The van der Waals surface area contributed by atoms with E-state index in [0.29, 0.717) is 19.5 Å². The highest BCUT2D eigenvalue weighted by Gasteiger charge is 2.74. The molecule has 1 aromatic carbocycles. The monoisotopic (exact) mass is 553 g/mol. The molecule has 7 atom stereocenters. The molecule has 3 saturated heterocycles. The van der Waals surface area contributed by atoms with Gasteiger partial charge in [-0.3, -0.25) is 14.4 Å². The molecule has 1 N–H and O–H groups in total. The van der Waals surface area contributed by atoms with Gasteiger partial charge in [0.2, 0.25) is 11.8 Å². The Kier molecular flexibility index (Phi) is 8.67. The van der Waals surface area contributed by atoms with Gasteiger partial charge in [-0.05, 0) is 43.7 Å². The number of fused-ring (bicyclic) bond motifs is 1. The topological polar surface area (TPSA) is 81.2 Å². The smallest absolute Gasteiger partial charge is 0.251 e. The van der Waals surface area contributed by atoms with Gasteiger partial charge in [0.15, 0.2) is 0 Å². The summed E-state index contributed by atoms with van der Waals surface area (Å²) in [5.41, 5.74) is 2.77. The molecular weight excluding hydrogens is 510 g/mol. The summed E-state index contributed by atoms with van der Waals surface area (Å²) in [5, 5.41) is 10.6. The Balaban J connectivity index is 1.87. The number of hydrogen-bond acceptors (Lipinski definition) is 5. The molecule has 3 amide bonds. The zero-order valence-corrected chi connectivity index (χ0v) is 24.7. The number of carbonyl (C=O) groups excluding carboxylic acids is 3. The number of nitrogens with zero attached hydrogens (tertiary/aromatic N) is 3. The van der Waals surface area contributed by atoms with Crippen molar-refractivity contribution in [3.05, 3.63) is 54.6 Å². The van der Waals surface area contributed by atoms with E-state index in [1.807, 2.05) is 45.9 Å². The number of thioether (sulfide) groups is 1. The fourth-order valence-electron chi connectivity index (χ4n) is 7.16. The lowest BCUT2D eigenvalue weighted by Gasteiger charge is -2.41. The zero-order valence-electron chi connectivity index (χ0n) is 23.9. The summed E-state index contributed by atoms with van der Waals surface area (Å²) in [6.07, 6.45) is 5.62. The minimum atomic E-state index is -0.780. The third-order valence-corrected chi connectivity index (χ3v) is 11.1. The highest BCUT2D eigenvalue weighted by molar-refractivity contribution is 8.02. The van der Waals surface area contributed by atoms with Crippen molar-refractivity contribution in [2.24, 2.45) is 17.8 Å². The highest BCUT2D eigenvalue weighted by atomic mass is 32.2. The van der Waals surface area contributed by atoms with Crippen molar-refractivity contribution in [3.8, 4) is 0 Å². The molecule has 3 aliphatic heterocycles. The molecule has 1 spiro atoms. The number of amides is 3. The van der Waals surface area contributed by atoms with E-state index in [9.17, 15) is 19.5 Å². The average Bonchev–Trinajstić information content (AvgIpc) is 3.55. The van der Waals surface area contributed by atoms with Crippen molar-refractivity contribution in [1.29, 1.82) is 0 Å². The molecule has 8 heteroatoms. The van der Waals surface area contributed by atoms with Crippen LogP contribution in [0.5, 0.6) is 0 Å². The van der Waals surface area contributed by atoms with Crippen LogP contribution in [0.3, 0.4) is 0 Å². The van der Waals surface area contributed by atoms with Crippen LogP contribution in [0.15, 0.2) is 43.5 Å². The van der Waals surface area contributed by atoms with Crippen molar-refractivity contribution in [2.75, 3.05) is 31.6 Å². The maximum absolute atomic E-state index is 14.8. The number of benzene rings is 1. The van der Waals surface area contributed by atoms with Crippen LogP contribution in [0.4, 0.5) is 5.69 Å². The van der Waals surface area contributed by atoms with E-state index >= 15 is 0 Å². The Labute approximate surface area is 237 Å². The van der Waals surface area contributed by atoms with Gasteiger partial charge in [0.1, 0.15) is 6.04 Å². The van der Waals surface area contributed by atoms with Gasteiger partial charge >= 0.3 is 0 Å². The molecular formula is C31H43N3O4S. The van der Waals surface area contributed by atoms with E-state index in [4.69, 9.17) is 0 Å². The van der Waals surface area contributed by atoms with Crippen LogP contribution in [0, 0.1) is 31.6 Å². The van der Waals surface area contributed by atoms with Crippen LogP contribution in [0.2, 0.25) is 0 Å². The molecule has 3 aliphatic rings. The first-order valence-corrected chi connectivity index (χ1v) is 14.9. The fourth-order valence-corrected chi connectivity index (χ4v) is 9.35. The maximum atomic E-state index is 14.8. The number of carbonyl (C=O) groups is 3. The van der Waals surface area contributed by atoms with Gasteiger partial charge in [-0.25, -0.2) is 0 Å². The Bertz CT molecular complexity index is 1130. The van der Waals surface area contributed by atoms with Crippen molar-refractivity contribution in [1.82, 2.24) is 9.80 Å². The molecule has 1 aromatic rings. The van der Waals surface area contributed by atoms with E-state index in [0.717, 1.165) is 29.7 Å². The van der Waals surface area contributed by atoms with E-state index in [1.165, 1.54) is 0 Å². The maximum Gasteiger partial charge on any atom is 0.251 e. The number of aliphatic hydroxyl groups is 1. The van der Waals surface area contributed by atoms with Crippen LogP contribution < -0.4 is 4.90 Å². The summed E-state index contributed by atoms with van der Waals surface area (Å²) in [6, 6.07) is 4.65. The van der Waals surface area contributed by atoms with Gasteiger partial charge < -0.3 is 19.8 Å². The van der Waals surface area contributed by atoms with Crippen LogP contribution in [0.1, 0.15) is 44.2 Å². The van der Waals surface area contributed by atoms with Gasteiger partial charge in [0.25, 0.3) is 5.91 Å². The van der Waals surface area contributed by atoms with Crippen molar-refractivity contribution in [2.45, 2.75) is 69.0 Å². The molecule has 0 aliphatic carbocycles. The van der Waals surface area contributed by atoms with E-state index in [1.54, 1.807) is 45.7 Å². The van der Waals surface area contributed by atoms with E-state index in [2.05, 4.69) is 13.2 Å². The number of para-hydroxylation sites is 1. The molecule has 2 bridgehead atoms. The van der Waals surface area contributed by atoms with Gasteiger partial charge in [0.05, 0.1) is 29.2 Å². The molecule has 0 saturated carbocycles. The number of aliphatic hydroxyl groups excluding tert-OH is 1. The number of likely N-dealkylation sites (N-methyl/N-ethyl adjacent to an activating group) is 1. The second-order valence-corrected chi connectivity index (χ2v) is 13.0. The number of anilines is 1. The first kappa shape index (κ1) is 29.4. The first-order chi connectivity index (χ1) is 18.6. The molecule has 2 unspecified atom stereocenters. The Hall–Kier alpha value is -2.58. The van der Waals surface area contributed by atoms with Gasteiger partial charge in [-0.1, -0.05) is 50.6 Å². The Morgan fingerprint density at radius 3 is 2.41 bits per heavy atom. The molecule has 0 aromatic heterocycles. The summed E-state index contributed by atoms with van der Waals surface area (Å²) >= 11 is 1.66. The lowest BCUT2D eigenvalue weighted by molar-refractivity contribution is -0.145. The molecule has 4 rings (SSSR count). The summed E-state index contributed by atoms with van der Waals surface area (Å²) in [5.74, 6) is -1.51. The first-order valence-electron chi connectivity index (χ1n) is 14.0. The van der Waals surface area contributed by atoms with Gasteiger partial charge in [0, 0.05) is 31.1 Å². The third kappa shape index (κ3) is 4.63. The zero-order chi connectivity index (χ0) is 28.6. The standard InChI is InChI=1S/C31H43N3O4S/c1-8-16-32(7)28(36)24-23-14-15-31(39-23)25(24)29(37)34(22(18-35)19(4)10-3)27(31)30(38)33(17-9-2)26-20(5)12-11-13-21(26)6/h8-9,11-13,19,22-25,27,35H,1-2,10,14-18H2,3-7H3/t19-,22-,23+,24-,25-,27?,31?/m0/s1. The molecule has 39 heavy (non-hydrogen) atoms. The lowest BCUT2D eigenvalue weighted by Crippen LogP contribution is -2.59. The SMILES string of the molecule is C=CCN(C)C(=O)[C@@H]1[C@H]2C(=O)N([C@@H](CO)[C@@H](C)CC)C(C(=O)N(CC=C)c3c(C)cccc3C)C23CC[C@H]1S3. The minimum absolute atomic E-state index is 0.0135. The highest BCUT2D eigenvalue weighted by Crippen LogP contribution is 2.67. The predicted octanol–water partition coefficient (Wildman–Crippen LogP) is 3.97. The largest absolute Gasteiger partial charge is 0.394 e. The van der Waals surface area contributed by atoms with Crippen molar-refractivity contribution in [3.63, 3.8) is 0 Å². The summed E-state index contributed by atoms with van der Waals surface area (Å²) in [4.78, 5) is 48.1. The Morgan fingerprint density at radius 2 is 1.85 bits per heavy atom. The van der Waals surface area contributed by atoms with E-state index in [-0.39, 0.29) is 35.5 Å². The van der Waals surface area contributed by atoms with Crippen LogP contribution in [-0.4, -0.2) is 81.5 Å². The summed E-state index contributed by atoms with van der Waals surface area (Å²) in [7, 11) is 1.75. The van der Waals surface area contributed by atoms with Gasteiger partial charge in [-0.15, -0.1) is 24.9 Å². The second kappa shape index (κ2) is 11.5. The third-order valence-electron chi connectivity index (χ3n) is 9.17. The number of hydrogen-bond donors (Lipinski definition) is 1. The fraction of sp³-hybridized carbons (Fsp3) is 0.581. The second-order valence-electron chi connectivity index (χ2n) is 11.4. The molecule has 7 nitrogen and oxygen atoms in total.